The van der Waals surface area contributed by atoms with Gasteiger partial charge in [-0.05, 0) is 79.4 Å². The summed E-state index contributed by atoms with van der Waals surface area (Å²) in [7, 11) is 1.73. The molecule has 0 fully saturated rings. The fourth-order valence-corrected chi connectivity index (χ4v) is 4.08. The molecule has 3 rings (SSSR count). The van der Waals surface area contributed by atoms with Crippen LogP contribution in [0, 0.1) is 13.8 Å². The van der Waals surface area contributed by atoms with Crippen molar-refractivity contribution in [1.29, 1.82) is 0 Å². The van der Waals surface area contributed by atoms with E-state index in [-0.39, 0.29) is 6.04 Å². The number of rotatable bonds is 8. The number of fused-ring (bicyclic) bond motifs is 1. The Labute approximate surface area is 169 Å². The number of ether oxygens (including phenoxy) is 2. The van der Waals surface area contributed by atoms with E-state index in [1.165, 1.54) is 27.8 Å². The number of nitrogens with zero attached hydrogens (tertiary/aromatic N) is 1. The van der Waals surface area contributed by atoms with Gasteiger partial charge in [0.25, 0.3) is 0 Å². The molecule has 4 heteroatoms. The van der Waals surface area contributed by atoms with E-state index >= 15 is 0 Å². The maximum Gasteiger partial charge on any atom is 0.122 e. The molecule has 0 radical (unpaired) electrons. The van der Waals surface area contributed by atoms with Gasteiger partial charge in [-0.3, -0.25) is 0 Å². The lowest BCUT2D eigenvalue weighted by atomic mass is 9.87. The first kappa shape index (κ1) is 20.7. The Bertz CT molecular complexity index is 799. The predicted molar refractivity (Wildman–Crippen MR) is 116 cm³/mol. The number of nitrogens with one attached hydrogen (secondary N) is 1. The third-order valence-electron chi connectivity index (χ3n) is 5.83. The first-order valence-electron chi connectivity index (χ1n) is 10.4. The van der Waals surface area contributed by atoms with Crippen LogP contribution in [0.2, 0.25) is 0 Å². The number of hydrogen-bond donors (Lipinski definition) is 1. The lowest BCUT2D eigenvalue weighted by Crippen LogP contribution is -2.31. The third kappa shape index (κ3) is 4.50. The summed E-state index contributed by atoms with van der Waals surface area (Å²) in [5.74, 6) is 1.93. The van der Waals surface area contributed by atoms with E-state index in [9.17, 15) is 0 Å². The second-order valence-electron chi connectivity index (χ2n) is 7.55. The highest BCUT2D eigenvalue weighted by atomic mass is 16.5. The van der Waals surface area contributed by atoms with Gasteiger partial charge in [0.15, 0.2) is 0 Å². The van der Waals surface area contributed by atoms with Gasteiger partial charge in [-0.2, -0.15) is 0 Å². The van der Waals surface area contributed by atoms with Crippen LogP contribution in [0.4, 0.5) is 0 Å². The highest BCUT2D eigenvalue weighted by Gasteiger charge is 2.24. The van der Waals surface area contributed by atoms with Crippen molar-refractivity contribution in [2.75, 3.05) is 39.9 Å². The quantitative estimate of drug-likeness (QED) is 0.739. The van der Waals surface area contributed by atoms with Crippen LogP contribution in [0.5, 0.6) is 11.5 Å². The van der Waals surface area contributed by atoms with Gasteiger partial charge in [-0.15, -0.1) is 0 Å². The van der Waals surface area contributed by atoms with Gasteiger partial charge in [-0.1, -0.05) is 26.0 Å². The van der Waals surface area contributed by atoms with Crippen molar-refractivity contribution < 1.29 is 9.47 Å². The van der Waals surface area contributed by atoms with Crippen LogP contribution in [-0.2, 0) is 6.42 Å². The Morgan fingerprint density at radius 2 is 1.82 bits per heavy atom. The summed E-state index contributed by atoms with van der Waals surface area (Å²) in [4.78, 5) is 2.38. The van der Waals surface area contributed by atoms with E-state index in [1.54, 1.807) is 7.11 Å². The molecule has 28 heavy (non-hydrogen) atoms. The molecule has 0 saturated heterocycles. The second-order valence-corrected chi connectivity index (χ2v) is 7.55. The minimum Gasteiger partial charge on any atom is -0.496 e. The fraction of sp³-hybridized carbons (Fsp3) is 0.500. The maximum atomic E-state index is 6.04. The molecule has 1 atom stereocenters. The minimum absolute atomic E-state index is 0.220. The average molecular weight is 383 g/mol. The summed E-state index contributed by atoms with van der Waals surface area (Å²) >= 11 is 0. The Hall–Kier alpha value is -2.04. The van der Waals surface area contributed by atoms with Crippen molar-refractivity contribution in [3.8, 4) is 11.5 Å². The molecule has 152 valence electrons. The summed E-state index contributed by atoms with van der Waals surface area (Å²) in [6.45, 7) is 13.5. The first-order valence-corrected chi connectivity index (χ1v) is 10.4. The van der Waals surface area contributed by atoms with Gasteiger partial charge in [-0.25, -0.2) is 0 Å². The van der Waals surface area contributed by atoms with Crippen molar-refractivity contribution >= 4 is 0 Å². The molecule has 0 aliphatic carbocycles. The molecule has 2 aromatic carbocycles. The molecule has 0 amide bonds. The summed E-state index contributed by atoms with van der Waals surface area (Å²) in [6.07, 6.45) is 1.03. The highest BCUT2D eigenvalue weighted by Crippen LogP contribution is 2.35. The summed E-state index contributed by atoms with van der Waals surface area (Å²) in [5.41, 5.74) is 6.50. The summed E-state index contributed by atoms with van der Waals surface area (Å²) in [5, 5.41) is 3.70. The maximum absolute atomic E-state index is 6.04. The number of aryl methyl sites for hydroxylation is 2. The molecular weight excluding hydrogens is 348 g/mol. The Kier molecular flexibility index (Phi) is 6.97. The van der Waals surface area contributed by atoms with E-state index in [2.05, 4.69) is 68.2 Å². The smallest absolute Gasteiger partial charge is 0.122 e. The summed E-state index contributed by atoms with van der Waals surface area (Å²) in [6, 6.07) is 11.2. The Balaban J connectivity index is 1.79. The lowest BCUT2D eigenvalue weighted by Gasteiger charge is -2.29. The van der Waals surface area contributed by atoms with Gasteiger partial charge in [0.05, 0.1) is 13.2 Å². The van der Waals surface area contributed by atoms with Crippen molar-refractivity contribution in [3.05, 3.63) is 58.1 Å². The topological polar surface area (TPSA) is 33.7 Å². The molecule has 0 bridgehead atoms. The normalized spacial score (nSPS) is 16.1. The predicted octanol–water partition coefficient (Wildman–Crippen LogP) is 4.27. The monoisotopic (exact) mass is 382 g/mol. The molecule has 0 saturated carbocycles. The van der Waals surface area contributed by atoms with Gasteiger partial charge >= 0.3 is 0 Å². The first-order chi connectivity index (χ1) is 13.6. The van der Waals surface area contributed by atoms with Gasteiger partial charge in [0, 0.05) is 13.1 Å². The molecule has 0 aromatic heterocycles. The Morgan fingerprint density at radius 1 is 1.04 bits per heavy atom. The van der Waals surface area contributed by atoms with Crippen molar-refractivity contribution in [2.24, 2.45) is 0 Å². The zero-order valence-electron chi connectivity index (χ0n) is 18.0. The number of hydrogen-bond acceptors (Lipinski definition) is 4. The zero-order chi connectivity index (χ0) is 20.1. The third-order valence-corrected chi connectivity index (χ3v) is 5.83. The molecule has 4 nitrogen and oxygen atoms in total. The van der Waals surface area contributed by atoms with E-state index in [1.807, 2.05) is 0 Å². The second kappa shape index (κ2) is 9.44. The molecular formula is C24H34N2O2. The zero-order valence-corrected chi connectivity index (χ0v) is 18.0. The number of benzene rings is 2. The molecule has 1 unspecified atom stereocenters. The van der Waals surface area contributed by atoms with Gasteiger partial charge in [0.2, 0.25) is 0 Å². The number of likely N-dealkylation sites (N-methyl/N-ethyl adjacent to an activating group) is 1. The van der Waals surface area contributed by atoms with E-state index in [4.69, 9.17) is 9.47 Å². The van der Waals surface area contributed by atoms with Gasteiger partial charge < -0.3 is 19.7 Å². The van der Waals surface area contributed by atoms with E-state index < -0.39 is 0 Å². The lowest BCUT2D eigenvalue weighted by molar-refractivity contribution is 0.222. The SMILES string of the molecule is CCN(CC)CCOc1ccc2c(c1)CCNC2c1cc(C)c(OC)cc1C. The average Bonchev–Trinajstić information content (AvgIpc) is 2.72. The minimum atomic E-state index is 0.220. The Morgan fingerprint density at radius 3 is 2.54 bits per heavy atom. The number of methoxy groups -OCH3 is 1. The molecule has 1 aliphatic heterocycles. The van der Waals surface area contributed by atoms with Crippen LogP contribution in [0.3, 0.4) is 0 Å². The molecule has 1 heterocycles. The van der Waals surface area contributed by atoms with Crippen LogP contribution in [0.25, 0.3) is 0 Å². The van der Waals surface area contributed by atoms with Crippen molar-refractivity contribution in [3.63, 3.8) is 0 Å². The van der Waals surface area contributed by atoms with E-state index in [0.717, 1.165) is 50.7 Å². The molecule has 1 aliphatic rings. The van der Waals surface area contributed by atoms with Crippen LogP contribution in [0.15, 0.2) is 30.3 Å². The highest BCUT2D eigenvalue weighted by molar-refractivity contribution is 5.49. The van der Waals surface area contributed by atoms with Crippen LogP contribution >= 0.6 is 0 Å². The largest absolute Gasteiger partial charge is 0.496 e. The fourth-order valence-electron chi connectivity index (χ4n) is 4.08. The van der Waals surface area contributed by atoms with E-state index in [0.29, 0.717) is 0 Å². The standard InChI is InChI=1S/C24H34N2O2/c1-6-26(7-2)12-13-28-20-8-9-21-19(16-20)10-11-25-24(21)22-14-18(4)23(27-5)15-17(22)3/h8-9,14-16,24-25H,6-7,10-13H2,1-5H3. The van der Waals surface area contributed by atoms with Crippen molar-refractivity contribution in [2.45, 2.75) is 40.2 Å². The van der Waals surface area contributed by atoms with Crippen LogP contribution in [0.1, 0.15) is 47.7 Å². The van der Waals surface area contributed by atoms with Gasteiger partial charge in [0.1, 0.15) is 18.1 Å². The molecule has 2 aromatic rings. The van der Waals surface area contributed by atoms with Crippen LogP contribution in [-0.4, -0.2) is 44.8 Å². The molecule has 1 N–H and O–H groups in total. The molecule has 0 spiro atoms. The van der Waals surface area contributed by atoms with Crippen molar-refractivity contribution in [1.82, 2.24) is 10.2 Å². The van der Waals surface area contributed by atoms with Crippen LogP contribution < -0.4 is 14.8 Å². The summed E-state index contributed by atoms with van der Waals surface area (Å²) < 4.78 is 11.5.